The minimum absolute atomic E-state index is 0.0482. The molecule has 1 aliphatic carbocycles. The number of esters is 1. The van der Waals surface area contributed by atoms with Crippen LogP contribution in [0.5, 0.6) is 5.75 Å². The minimum atomic E-state index is -0.399. The van der Waals surface area contributed by atoms with E-state index in [1.165, 1.54) is 23.3 Å². The molecule has 6 heteroatoms. The number of amides is 1. The fourth-order valence-electron chi connectivity index (χ4n) is 3.91. The summed E-state index contributed by atoms with van der Waals surface area (Å²) in [7, 11) is 1.38. The average Bonchev–Trinajstić information content (AvgIpc) is 3.03. The molecule has 162 valence electrons. The predicted molar refractivity (Wildman–Crippen MR) is 121 cm³/mol. The zero-order valence-electron chi connectivity index (χ0n) is 18.6. The SMILES string of the molecule is COC(=O)c1c(NC(=O)c2ccccc2OC(C)C)sc2c1CCC(C(C)(C)C)C2. The van der Waals surface area contributed by atoms with Crippen LogP contribution in [0.1, 0.15) is 72.2 Å². The van der Waals surface area contributed by atoms with E-state index in [1.807, 2.05) is 19.9 Å². The van der Waals surface area contributed by atoms with Crippen molar-refractivity contribution < 1.29 is 19.1 Å². The summed E-state index contributed by atoms with van der Waals surface area (Å²) in [6, 6.07) is 7.15. The Kier molecular flexibility index (Phi) is 6.56. The highest BCUT2D eigenvalue weighted by atomic mass is 32.1. The molecule has 1 aromatic heterocycles. The molecule has 0 aliphatic heterocycles. The molecule has 1 amide bonds. The Hall–Kier alpha value is -2.34. The van der Waals surface area contributed by atoms with Gasteiger partial charge in [-0.2, -0.15) is 0 Å². The summed E-state index contributed by atoms with van der Waals surface area (Å²) in [5, 5.41) is 3.53. The number of fused-ring (bicyclic) bond motifs is 1. The third kappa shape index (κ3) is 4.69. The van der Waals surface area contributed by atoms with Crippen LogP contribution in [0.25, 0.3) is 0 Å². The third-order valence-electron chi connectivity index (χ3n) is 5.60. The summed E-state index contributed by atoms with van der Waals surface area (Å²) < 4.78 is 10.8. The molecule has 30 heavy (non-hydrogen) atoms. The number of anilines is 1. The second kappa shape index (κ2) is 8.80. The highest BCUT2D eigenvalue weighted by Crippen LogP contribution is 2.44. The Morgan fingerprint density at radius 1 is 1.20 bits per heavy atom. The average molecular weight is 430 g/mol. The lowest BCUT2D eigenvalue weighted by Crippen LogP contribution is -2.26. The van der Waals surface area contributed by atoms with Crippen molar-refractivity contribution in [1.82, 2.24) is 0 Å². The number of rotatable bonds is 5. The topological polar surface area (TPSA) is 64.6 Å². The smallest absolute Gasteiger partial charge is 0.341 e. The van der Waals surface area contributed by atoms with Gasteiger partial charge < -0.3 is 14.8 Å². The van der Waals surface area contributed by atoms with Crippen LogP contribution in [0, 0.1) is 11.3 Å². The molecule has 0 saturated heterocycles. The lowest BCUT2D eigenvalue weighted by molar-refractivity contribution is 0.0600. The molecule has 1 atom stereocenters. The van der Waals surface area contributed by atoms with E-state index in [-0.39, 0.29) is 17.4 Å². The van der Waals surface area contributed by atoms with Crippen LogP contribution < -0.4 is 10.1 Å². The molecular formula is C24H31NO4S. The van der Waals surface area contributed by atoms with Gasteiger partial charge in [0.05, 0.1) is 24.3 Å². The normalized spacial score (nSPS) is 16.2. The van der Waals surface area contributed by atoms with Crippen LogP contribution >= 0.6 is 11.3 Å². The molecule has 0 saturated carbocycles. The van der Waals surface area contributed by atoms with Crippen molar-refractivity contribution in [2.45, 2.75) is 60.0 Å². The number of benzene rings is 1. The van der Waals surface area contributed by atoms with Gasteiger partial charge in [0.15, 0.2) is 0 Å². The van der Waals surface area contributed by atoms with Crippen LogP contribution in [0.4, 0.5) is 5.00 Å². The van der Waals surface area contributed by atoms with E-state index in [0.717, 1.165) is 24.8 Å². The van der Waals surface area contributed by atoms with Gasteiger partial charge in [-0.3, -0.25) is 4.79 Å². The summed E-state index contributed by atoms with van der Waals surface area (Å²) in [5.74, 6) is 0.377. The first-order valence-electron chi connectivity index (χ1n) is 10.4. The van der Waals surface area contributed by atoms with Crippen molar-refractivity contribution in [2.24, 2.45) is 11.3 Å². The molecular weight excluding hydrogens is 398 g/mol. The van der Waals surface area contributed by atoms with Crippen molar-refractivity contribution >= 4 is 28.2 Å². The molecule has 3 rings (SSSR count). The van der Waals surface area contributed by atoms with Gasteiger partial charge in [0.1, 0.15) is 10.8 Å². The number of ether oxygens (including phenoxy) is 2. The quantitative estimate of drug-likeness (QED) is 0.617. The monoisotopic (exact) mass is 429 g/mol. The van der Waals surface area contributed by atoms with E-state index in [9.17, 15) is 9.59 Å². The van der Waals surface area contributed by atoms with Gasteiger partial charge in [-0.25, -0.2) is 4.79 Å². The maximum atomic E-state index is 13.1. The molecule has 5 nitrogen and oxygen atoms in total. The number of para-hydroxylation sites is 1. The van der Waals surface area contributed by atoms with Gasteiger partial charge in [0.2, 0.25) is 0 Å². The number of nitrogens with one attached hydrogen (secondary N) is 1. The van der Waals surface area contributed by atoms with Crippen LogP contribution in [0.3, 0.4) is 0 Å². The molecule has 0 radical (unpaired) electrons. The third-order valence-corrected chi connectivity index (χ3v) is 6.77. The number of hydrogen-bond acceptors (Lipinski definition) is 5. The first-order valence-corrected chi connectivity index (χ1v) is 11.2. The van der Waals surface area contributed by atoms with Crippen molar-refractivity contribution in [3.05, 3.63) is 45.8 Å². The molecule has 0 bridgehead atoms. The molecule has 1 aromatic carbocycles. The van der Waals surface area contributed by atoms with E-state index in [1.54, 1.807) is 18.2 Å². The maximum Gasteiger partial charge on any atom is 0.341 e. The Morgan fingerprint density at radius 3 is 2.53 bits per heavy atom. The Balaban J connectivity index is 1.94. The first kappa shape index (κ1) is 22.3. The predicted octanol–water partition coefficient (Wildman–Crippen LogP) is 5.73. The zero-order valence-corrected chi connectivity index (χ0v) is 19.4. The highest BCUT2D eigenvalue weighted by molar-refractivity contribution is 7.17. The van der Waals surface area contributed by atoms with Crippen molar-refractivity contribution in [2.75, 3.05) is 12.4 Å². The first-order chi connectivity index (χ1) is 14.1. The fraction of sp³-hybridized carbons (Fsp3) is 0.500. The summed E-state index contributed by atoms with van der Waals surface area (Å²) in [4.78, 5) is 26.8. The van der Waals surface area contributed by atoms with Crippen molar-refractivity contribution in [1.29, 1.82) is 0 Å². The van der Waals surface area contributed by atoms with Gasteiger partial charge in [-0.1, -0.05) is 32.9 Å². The Bertz CT molecular complexity index is 939. The van der Waals surface area contributed by atoms with Gasteiger partial charge in [0, 0.05) is 4.88 Å². The van der Waals surface area contributed by atoms with E-state index < -0.39 is 5.97 Å². The molecule has 1 N–H and O–H groups in total. The summed E-state index contributed by atoms with van der Waals surface area (Å²) in [6.07, 6.45) is 2.71. The molecule has 1 aliphatic rings. The molecule has 0 fully saturated rings. The van der Waals surface area contributed by atoms with Gasteiger partial charge >= 0.3 is 5.97 Å². The van der Waals surface area contributed by atoms with Crippen LogP contribution in [0.2, 0.25) is 0 Å². The molecule has 2 aromatic rings. The molecule has 1 unspecified atom stereocenters. The molecule has 0 spiro atoms. The van der Waals surface area contributed by atoms with Crippen LogP contribution in [0.15, 0.2) is 24.3 Å². The maximum absolute atomic E-state index is 13.1. The lowest BCUT2D eigenvalue weighted by atomic mass is 9.72. The van der Waals surface area contributed by atoms with Crippen LogP contribution in [-0.2, 0) is 17.6 Å². The molecule has 1 heterocycles. The van der Waals surface area contributed by atoms with Gasteiger partial charge in [-0.15, -0.1) is 11.3 Å². The van der Waals surface area contributed by atoms with Crippen LogP contribution in [-0.4, -0.2) is 25.1 Å². The van der Waals surface area contributed by atoms with E-state index in [0.29, 0.717) is 27.8 Å². The minimum Gasteiger partial charge on any atom is -0.490 e. The van der Waals surface area contributed by atoms with E-state index >= 15 is 0 Å². The fourth-order valence-corrected chi connectivity index (χ4v) is 5.22. The number of thiophene rings is 1. The second-order valence-electron chi connectivity index (χ2n) is 9.12. The van der Waals surface area contributed by atoms with E-state index in [2.05, 4.69) is 26.1 Å². The second-order valence-corrected chi connectivity index (χ2v) is 10.2. The Morgan fingerprint density at radius 2 is 1.90 bits per heavy atom. The standard InChI is InChI=1S/C24H31NO4S/c1-14(2)29-18-10-8-7-9-16(18)21(26)25-22-20(23(27)28-6)17-12-11-15(24(3,4)5)13-19(17)30-22/h7-10,14-15H,11-13H2,1-6H3,(H,25,26). The highest BCUT2D eigenvalue weighted by Gasteiger charge is 2.34. The van der Waals surface area contributed by atoms with Crippen molar-refractivity contribution in [3.63, 3.8) is 0 Å². The van der Waals surface area contributed by atoms with E-state index in [4.69, 9.17) is 9.47 Å². The number of hydrogen-bond donors (Lipinski definition) is 1. The number of methoxy groups -OCH3 is 1. The van der Waals surface area contributed by atoms with Gasteiger partial charge in [-0.05, 0) is 62.1 Å². The summed E-state index contributed by atoms with van der Waals surface area (Å²) >= 11 is 1.49. The summed E-state index contributed by atoms with van der Waals surface area (Å²) in [5.41, 5.74) is 2.17. The van der Waals surface area contributed by atoms with Crippen molar-refractivity contribution in [3.8, 4) is 5.75 Å². The number of carbonyl (C=O) groups is 2. The largest absolute Gasteiger partial charge is 0.490 e. The summed E-state index contributed by atoms with van der Waals surface area (Å²) in [6.45, 7) is 10.6. The Labute approximate surface area is 182 Å². The number of carbonyl (C=O) groups excluding carboxylic acids is 2. The van der Waals surface area contributed by atoms with Gasteiger partial charge in [0.25, 0.3) is 5.91 Å². The zero-order chi connectivity index (χ0) is 22.1. The lowest BCUT2D eigenvalue weighted by Gasteiger charge is -2.33.